The van der Waals surface area contributed by atoms with E-state index in [1.165, 1.54) is 5.56 Å². The predicted molar refractivity (Wildman–Crippen MR) is 78.4 cm³/mol. The summed E-state index contributed by atoms with van der Waals surface area (Å²) >= 11 is 5.87. The van der Waals surface area contributed by atoms with E-state index in [2.05, 4.69) is 18.3 Å². The van der Waals surface area contributed by atoms with Crippen LogP contribution in [0.5, 0.6) is 5.75 Å². The molecule has 0 saturated heterocycles. The number of quaternary nitrogens is 1. The van der Waals surface area contributed by atoms with Crippen molar-refractivity contribution in [2.45, 2.75) is 20.1 Å². The molecule has 0 unspecified atom stereocenters. The Balaban J connectivity index is 2.00. The number of ether oxygens (including phenoxy) is 1. The molecule has 2 aromatic carbocycles. The summed E-state index contributed by atoms with van der Waals surface area (Å²) in [6.45, 7) is 4.75. The number of para-hydroxylation sites is 1. The fourth-order valence-corrected chi connectivity index (χ4v) is 1.98. The van der Waals surface area contributed by atoms with E-state index < -0.39 is 0 Å². The van der Waals surface area contributed by atoms with Gasteiger partial charge in [-0.3, -0.25) is 0 Å². The Morgan fingerprint density at radius 2 is 1.79 bits per heavy atom. The molecule has 3 heteroatoms. The lowest BCUT2D eigenvalue weighted by Gasteiger charge is -2.10. The van der Waals surface area contributed by atoms with E-state index in [9.17, 15) is 0 Å². The first-order valence-electron chi connectivity index (χ1n) is 6.56. The van der Waals surface area contributed by atoms with E-state index in [1.807, 2.05) is 42.5 Å². The fourth-order valence-electron chi connectivity index (χ4n) is 1.85. The maximum atomic E-state index is 5.90. The number of hydrogen-bond acceptors (Lipinski definition) is 1. The third-order valence-corrected chi connectivity index (χ3v) is 3.19. The van der Waals surface area contributed by atoms with Crippen LogP contribution < -0.4 is 10.1 Å². The van der Waals surface area contributed by atoms with Crippen molar-refractivity contribution in [2.75, 3.05) is 6.54 Å². The Kier molecular flexibility index (Phi) is 5.25. The van der Waals surface area contributed by atoms with E-state index in [0.29, 0.717) is 6.61 Å². The molecule has 100 valence electrons. The highest BCUT2D eigenvalue weighted by Gasteiger charge is 2.04. The van der Waals surface area contributed by atoms with Gasteiger partial charge in [-0.05, 0) is 36.8 Å². The molecule has 0 amide bonds. The smallest absolute Gasteiger partial charge is 0.128 e. The van der Waals surface area contributed by atoms with Gasteiger partial charge in [-0.15, -0.1) is 0 Å². The number of rotatable bonds is 6. The van der Waals surface area contributed by atoms with E-state index in [0.717, 1.165) is 29.4 Å². The molecule has 0 fully saturated rings. The molecular weight excluding hydrogens is 258 g/mol. The second-order valence-corrected chi connectivity index (χ2v) is 4.86. The average Bonchev–Trinajstić information content (AvgIpc) is 2.45. The SMILES string of the molecule is CC[NH2+]Cc1ccccc1OCc1ccc(Cl)cc1. The second-order valence-electron chi connectivity index (χ2n) is 4.42. The average molecular weight is 277 g/mol. The molecule has 0 heterocycles. The fraction of sp³-hybridized carbons (Fsp3) is 0.250. The zero-order chi connectivity index (χ0) is 13.5. The summed E-state index contributed by atoms with van der Waals surface area (Å²) in [7, 11) is 0. The summed E-state index contributed by atoms with van der Waals surface area (Å²) in [5.74, 6) is 0.960. The van der Waals surface area contributed by atoms with Crippen LogP contribution in [-0.2, 0) is 13.2 Å². The van der Waals surface area contributed by atoms with Crippen molar-refractivity contribution >= 4 is 11.6 Å². The first kappa shape index (κ1) is 13.9. The minimum Gasteiger partial charge on any atom is -0.488 e. The van der Waals surface area contributed by atoms with Gasteiger partial charge in [0.25, 0.3) is 0 Å². The monoisotopic (exact) mass is 276 g/mol. The van der Waals surface area contributed by atoms with E-state index in [-0.39, 0.29) is 0 Å². The second kappa shape index (κ2) is 7.17. The van der Waals surface area contributed by atoms with E-state index >= 15 is 0 Å². The minimum atomic E-state index is 0.570. The molecule has 0 spiro atoms. The largest absolute Gasteiger partial charge is 0.488 e. The van der Waals surface area contributed by atoms with Crippen LogP contribution in [0, 0.1) is 0 Å². The molecule has 0 aliphatic heterocycles. The van der Waals surface area contributed by atoms with Gasteiger partial charge in [0.15, 0.2) is 0 Å². The molecule has 2 N–H and O–H groups in total. The van der Waals surface area contributed by atoms with Crippen LogP contribution in [0.4, 0.5) is 0 Å². The highest BCUT2D eigenvalue weighted by atomic mass is 35.5. The van der Waals surface area contributed by atoms with Crippen molar-refractivity contribution in [2.24, 2.45) is 0 Å². The summed E-state index contributed by atoms with van der Waals surface area (Å²) in [4.78, 5) is 0. The Hall–Kier alpha value is -1.51. The standard InChI is InChI=1S/C16H18ClNO/c1-2-18-11-14-5-3-4-6-16(14)19-12-13-7-9-15(17)10-8-13/h3-10,18H,2,11-12H2,1H3/p+1. The van der Waals surface area contributed by atoms with Crippen LogP contribution in [0.25, 0.3) is 0 Å². The molecular formula is C16H19ClNO+. The Bertz CT molecular complexity index is 510. The van der Waals surface area contributed by atoms with Gasteiger partial charge in [0, 0.05) is 10.6 Å². The summed E-state index contributed by atoms with van der Waals surface area (Å²) in [5, 5.41) is 3.01. The number of halogens is 1. The van der Waals surface area contributed by atoms with Crippen LogP contribution in [0.15, 0.2) is 48.5 Å². The van der Waals surface area contributed by atoms with Crippen molar-refractivity contribution in [3.63, 3.8) is 0 Å². The van der Waals surface area contributed by atoms with E-state index in [4.69, 9.17) is 16.3 Å². The lowest BCUT2D eigenvalue weighted by molar-refractivity contribution is -0.667. The molecule has 0 aliphatic rings. The third-order valence-electron chi connectivity index (χ3n) is 2.93. The number of benzene rings is 2. The molecule has 19 heavy (non-hydrogen) atoms. The van der Waals surface area contributed by atoms with Gasteiger partial charge in [-0.2, -0.15) is 0 Å². The zero-order valence-electron chi connectivity index (χ0n) is 11.1. The van der Waals surface area contributed by atoms with Gasteiger partial charge >= 0.3 is 0 Å². The molecule has 0 aliphatic carbocycles. The molecule has 0 aromatic heterocycles. The normalized spacial score (nSPS) is 10.4. The van der Waals surface area contributed by atoms with Crippen molar-refractivity contribution in [1.82, 2.24) is 0 Å². The summed E-state index contributed by atoms with van der Waals surface area (Å²) in [6, 6.07) is 15.9. The first-order valence-corrected chi connectivity index (χ1v) is 6.94. The quantitative estimate of drug-likeness (QED) is 0.862. The van der Waals surface area contributed by atoms with Gasteiger partial charge in [0.05, 0.1) is 6.54 Å². The van der Waals surface area contributed by atoms with Gasteiger partial charge in [0.2, 0.25) is 0 Å². The minimum absolute atomic E-state index is 0.570. The van der Waals surface area contributed by atoms with E-state index in [1.54, 1.807) is 0 Å². The predicted octanol–water partition coefficient (Wildman–Crippen LogP) is 3.00. The van der Waals surface area contributed by atoms with Gasteiger partial charge in [-0.25, -0.2) is 0 Å². The summed E-state index contributed by atoms with van der Waals surface area (Å²) < 4.78 is 5.90. The van der Waals surface area contributed by atoms with Gasteiger partial charge in [0.1, 0.15) is 18.9 Å². The van der Waals surface area contributed by atoms with Gasteiger partial charge < -0.3 is 10.1 Å². The lowest BCUT2D eigenvalue weighted by atomic mass is 10.2. The van der Waals surface area contributed by atoms with Gasteiger partial charge in [-0.1, -0.05) is 35.9 Å². The summed E-state index contributed by atoms with van der Waals surface area (Å²) in [6.07, 6.45) is 0. The Labute approximate surface area is 119 Å². The van der Waals surface area contributed by atoms with Crippen LogP contribution >= 0.6 is 11.6 Å². The van der Waals surface area contributed by atoms with Crippen LogP contribution in [0.1, 0.15) is 18.1 Å². The molecule has 2 aromatic rings. The van der Waals surface area contributed by atoms with Crippen molar-refractivity contribution < 1.29 is 10.1 Å². The molecule has 0 atom stereocenters. The molecule has 2 rings (SSSR count). The highest BCUT2D eigenvalue weighted by molar-refractivity contribution is 6.30. The number of hydrogen-bond donors (Lipinski definition) is 1. The molecule has 0 bridgehead atoms. The Morgan fingerprint density at radius 1 is 1.05 bits per heavy atom. The third kappa shape index (κ3) is 4.27. The molecule has 2 nitrogen and oxygen atoms in total. The highest BCUT2D eigenvalue weighted by Crippen LogP contribution is 2.19. The van der Waals surface area contributed by atoms with Crippen LogP contribution in [0.2, 0.25) is 5.02 Å². The summed E-state index contributed by atoms with van der Waals surface area (Å²) in [5.41, 5.74) is 2.36. The maximum absolute atomic E-state index is 5.90. The first-order chi connectivity index (χ1) is 9.29. The van der Waals surface area contributed by atoms with Crippen molar-refractivity contribution in [3.05, 3.63) is 64.7 Å². The lowest BCUT2D eigenvalue weighted by Crippen LogP contribution is -2.81. The van der Waals surface area contributed by atoms with Crippen LogP contribution in [0.3, 0.4) is 0 Å². The van der Waals surface area contributed by atoms with Crippen molar-refractivity contribution in [3.8, 4) is 5.75 Å². The number of nitrogens with two attached hydrogens (primary N) is 1. The van der Waals surface area contributed by atoms with Crippen molar-refractivity contribution in [1.29, 1.82) is 0 Å². The zero-order valence-corrected chi connectivity index (χ0v) is 11.9. The molecule has 0 saturated carbocycles. The Morgan fingerprint density at radius 3 is 2.53 bits per heavy atom. The topological polar surface area (TPSA) is 25.8 Å². The maximum Gasteiger partial charge on any atom is 0.128 e. The van der Waals surface area contributed by atoms with Crippen LogP contribution in [-0.4, -0.2) is 6.54 Å². The molecule has 0 radical (unpaired) electrons.